The van der Waals surface area contributed by atoms with Gasteiger partial charge in [-0.3, -0.25) is 0 Å². The van der Waals surface area contributed by atoms with Crippen molar-refractivity contribution in [3.63, 3.8) is 0 Å². The zero-order valence-electron chi connectivity index (χ0n) is 13.4. The maximum Gasteiger partial charge on any atom is 0.136 e. The van der Waals surface area contributed by atoms with Crippen LogP contribution in [0.25, 0.3) is 0 Å². The lowest BCUT2D eigenvalue weighted by Gasteiger charge is -2.14. The van der Waals surface area contributed by atoms with Gasteiger partial charge in [-0.05, 0) is 60.3 Å². The Balaban J connectivity index is 1.71. The Kier molecular flexibility index (Phi) is 5.13. The Morgan fingerprint density at radius 3 is 2.78 bits per heavy atom. The van der Waals surface area contributed by atoms with Crippen LogP contribution in [0.15, 0.2) is 28.7 Å². The van der Waals surface area contributed by atoms with Crippen LogP contribution in [-0.4, -0.2) is 29.2 Å². The predicted molar refractivity (Wildman–Crippen MR) is 96.4 cm³/mol. The molecule has 1 aliphatic heterocycles. The average Bonchev–Trinajstić information content (AvgIpc) is 3.01. The van der Waals surface area contributed by atoms with Gasteiger partial charge in [0.05, 0.1) is 11.8 Å². The van der Waals surface area contributed by atoms with E-state index in [9.17, 15) is 0 Å². The molecule has 1 saturated heterocycles. The number of benzene rings is 1. The Morgan fingerprint density at radius 2 is 2.04 bits per heavy atom. The molecular formula is C17H21BrN4O. The van der Waals surface area contributed by atoms with Crippen molar-refractivity contribution in [2.45, 2.75) is 32.8 Å². The van der Waals surface area contributed by atoms with Crippen molar-refractivity contribution >= 4 is 33.3 Å². The number of nitrogens with one attached hydrogen (secondary N) is 2. The van der Waals surface area contributed by atoms with E-state index in [-0.39, 0.29) is 6.10 Å². The highest BCUT2D eigenvalue weighted by Crippen LogP contribution is 2.27. The molecule has 1 fully saturated rings. The minimum Gasteiger partial charge on any atom is -0.376 e. The number of aromatic nitrogens is 2. The van der Waals surface area contributed by atoms with E-state index < -0.39 is 0 Å². The molecule has 1 atom stereocenters. The lowest BCUT2D eigenvalue weighted by Crippen LogP contribution is -2.19. The molecule has 2 aromatic rings. The molecule has 0 spiro atoms. The van der Waals surface area contributed by atoms with Gasteiger partial charge >= 0.3 is 0 Å². The third kappa shape index (κ3) is 4.42. The highest BCUT2D eigenvalue weighted by atomic mass is 79.9. The second-order valence-corrected chi connectivity index (χ2v) is 6.66. The van der Waals surface area contributed by atoms with Crippen molar-refractivity contribution in [3.05, 3.63) is 40.1 Å². The van der Waals surface area contributed by atoms with Crippen molar-refractivity contribution in [1.82, 2.24) is 9.97 Å². The van der Waals surface area contributed by atoms with Crippen LogP contribution in [-0.2, 0) is 4.74 Å². The standard InChI is InChI=1S/C17H21BrN4O/c1-11-5-6-15(14(18)8-11)22-17-9-16(20-12(2)21-17)19-10-13-4-3-7-23-13/h5-6,8-9,13H,3-4,7,10H2,1-2H3,(H2,19,20,21,22). The van der Waals surface area contributed by atoms with Gasteiger partial charge in [-0.25, -0.2) is 9.97 Å². The number of nitrogens with zero attached hydrogens (tertiary/aromatic N) is 2. The van der Waals surface area contributed by atoms with Crippen LogP contribution in [0.4, 0.5) is 17.3 Å². The quantitative estimate of drug-likeness (QED) is 0.818. The molecule has 5 nitrogen and oxygen atoms in total. The highest BCUT2D eigenvalue weighted by molar-refractivity contribution is 9.10. The van der Waals surface area contributed by atoms with Crippen LogP contribution in [0.2, 0.25) is 0 Å². The molecule has 0 saturated carbocycles. The first-order valence-electron chi connectivity index (χ1n) is 7.84. The van der Waals surface area contributed by atoms with Gasteiger partial charge in [0.15, 0.2) is 0 Å². The van der Waals surface area contributed by atoms with E-state index in [1.54, 1.807) is 0 Å². The summed E-state index contributed by atoms with van der Waals surface area (Å²) in [4.78, 5) is 8.90. The smallest absolute Gasteiger partial charge is 0.136 e. The monoisotopic (exact) mass is 376 g/mol. The van der Waals surface area contributed by atoms with Crippen molar-refractivity contribution in [2.75, 3.05) is 23.8 Å². The fraction of sp³-hybridized carbons (Fsp3) is 0.412. The average molecular weight is 377 g/mol. The Hall–Kier alpha value is -1.66. The SMILES string of the molecule is Cc1ccc(Nc2cc(NCC3CCCO3)nc(C)n2)c(Br)c1. The molecule has 2 heterocycles. The number of hydrogen-bond donors (Lipinski definition) is 2. The number of aryl methyl sites for hydroxylation is 2. The molecule has 23 heavy (non-hydrogen) atoms. The first-order valence-corrected chi connectivity index (χ1v) is 8.64. The third-order valence-electron chi connectivity index (χ3n) is 3.76. The number of rotatable bonds is 5. The normalized spacial score (nSPS) is 17.3. The van der Waals surface area contributed by atoms with Gasteiger partial charge in [-0.1, -0.05) is 6.07 Å². The zero-order valence-corrected chi connectivity index (χ0v) is 15.0. The lowest BCUT2D eigenvalue weighted by molar-refractivity contribution is 0.120. The van der Waals surface area contributed by atoms with Crippen LogP contribution in [0.5, 0.6) is 0 Å². The number of ether oxygens (including phenoxy) is 1. The van der Waals surface area contributed by atoms with Gasteiger partial charge in [-0.2, -0.15) is 0 Å². The van der Waals surface area contributed by atoms with Gasteiger partial charge < -0.3 is 15.4 Å². The fourth-order valence-corrected chi connectivity index (χ4v) is 3.20. The number of anilines is 3. The first-order chi connectivity index (χ1) is 11.1. The van der Waals surface area contributed by atoms with Crippen molar-refractivity contribution in [2.24, 2.45) is 0 Å². The molecule has 0 amide bonds. The van der Waals surface area contributed by atoms with E-state index in [0.717, 1.165) is 53.6 Å². The maximum atomic E-state index is 5.63. The van der Waals surface area contributed by atoms with Crippen molar-refractivity contribution < 1.29 is 4.74 Å². The summed E-state index contributed by atoms with van der Waals surface area (Å²) in [6.45, 7) is 5.61. The summed E-state index contributed by atoms with van der Waals surface area (Å²) in [6, 6.07) is 8.11. The zero-order chi connectivity index (χ0) is 16.2. The lowest BCUT2D eigenvalue weighted by atomic mass is 10.2. The van der Waals surface area contributed by atoms with Gasteiger partial charge in [0, 0.05) is 23.7 Å². The first kappa shape index (κ1) is 16.2. The topological polar surface area (TPSA) is 59.1 Å². The molecule has 3 rings (SSSR count). The fourth-order valence-electron chi connectivity index (χ4n) is 2.61. The minimum absolute atomic E-state index is 0.285. The van der Waals surface area contributed by atoms with Crippen LogP contribution >= 0.6 is 15.9 Å². The number of hydrogen-bond acceptors (Lipinski definition) is 5. The summed E-state index contributed by atoms with van der Waals surface area (Å²) < 4.78 is 6.65. The van der Waals surface area contributed by atoms with Gasteiger partial charge in [0.1, 0.15) is 17.5 Å². The predicted octanol–water partition coefficient (Wildman–Crippen LogP) is 4.19. The summed E-state index contributed by atoms with van der Waals surface area (Å²) >= 11 is 3.58. The molecule has 0 radical (unpaired) electrons. The van der Waals surface area contributed by atoms with Crippen molar-refractivity contribution in [3.8, 4) is 0 Å². The minimum atomic E-state index is 0.285. The molecular weight excluding hydrogens is 356 g/mol. The molecule has 1 unspecified atom stereocenters. The van der Waals surface area contributed by atoms with E-state index in [0.29, 0.717) is 0 Å². The summed E-state index contributed by atoms with van der Waals surface area (Å²) in [5.74, 6) is 2.32. The summed E-state index contributed by atoms with van der Waals surface area (Å²) in [7, 11) is 0. The molecule has 2 N–H and O–H groups in total. The molecule has 0 aliphatic carbocycles. The van der Waals surface area contributed by atoms with Gasteiger partial charge in [-0.15, -0.1) is 0 Å². The maximum absolute atomic E-state index is 5.63. The Morgan fingerprint density at radius 1 is 1.22 bits per heavy atom. The molecule has 1 aromatic carbocycles. The highest BCUT2D eigenvalue weighted by Gasteiger charge is 2.15. The summed E-state index contributed by atoms with van der Waals surface area (Å²) in [5, 5.41) is 6.69. The summed E-state index contributed by atoms with van der Waals surface area (Å²) in [5.41, 5.74) is 2.19. The molecule has 6 heteroatoms. The number of halogens is 1. The van der Waals surface area contributed by atoms with Crippen LogP contribution < -0.4 is 10.6 Å². The van der Waals surface area contributed by atoms with E-state index in [1.165, 1.54) is 5.56 Å². The summed E-state index contributed by atoms with van der Waals surface area (Å²) in [6.07, 6.45) is 2.54. The van der Waals surface area contributed by atoms with Crippen molar-refractivity contribution in [1.29, 1.82) is 0 Å². The second kappa shape index (κ2) is 7.27. The van der Waals surface area contributed by atoms with Crippen LogP contribution in [0, 0.1) is 13.8 Å². The molecule has 1 aromatic heterocycles. The Bertz CT molecular complexity index is 686. The largest absolute Gasteiger partial charge is 0.376 e. The molecule has 122 valence electrons. The molecule has 0 bridgehead atoms. The van der Waals surface area contributed by atoms with Crippen LogP contribution in [0.1, 0.15) is 24.2 Å². The second-order valence-electron chi connectivity index (χ2n) is 5.81. The van der Waals surface area contributed by atoms with E-state index in [2.05, 4.69) is 55.6 Å². The Labute approximate surface area is 145 Å². The van der Waals surface area contributed by atoms with E-state index in [1.807, 2.05) is 19.1 Å². The van der Waals surface area contributed by atoms with E-state index in [4.69, 9.17) is 4.74 Å². The van der Waals surface area contributed by atoms with Gasteiger partial charge in [0.2, 0.25) is 0 Å². The third-order valence-corrected chi connectivity index (χ3v) is 4.42. The molecule has 1 aliphatic rings. The van der Waals surface area contributed by atoms with Gasteiger partial charge in [0.25, 0.3) is 0 Å². The van der Waals surface area contributed by atoms with E-state index >= 15 is 0 Å². The van der Waals surface area contributed by atoms with Crippen LogP contribution in [0.3, 0.4) is 0 Å².